The second kappa shape index (κ2) is 5.62. The number of carbonyl (C=O) groups is 2. The van der Waals surface area contributed by atoms with Crippen molar-refractivity contribution in [3.63, 3.8) is 0 Å². The van der Waals surface area contributed by atoms with Crippen LogP contribution in [0.2, 0.25) is 0 Å². The summed E-state index contributed by atoms with van der Waals surface area (Å²) in [4.78, 5) is 26.7. The molecule has 0 bridgehead atoms. The van der Waals surface area contributed by atoms with Crippen molar-refractivity contribution in [3.8, 4) is 5.75 Å². The molecule has 1 fully saturated rings. The van der Waals surface area contributed by atoms with Crippen molar-refractivity contribution in [2.45, 2.75) is 24.9 Å². The molecule has 5 nitrogen and oxygen atoms in total. The monoisotopic (exact) mass is 337 g/mol. The number of ether oxygens (including phenoxy) is 1. The van der Waals surface area contributed by atoms with Gasteiger partial charge in [-0.15, -0.1) is 0 Å². The third-order valence-electron chi connectivity index (χ3n) is 5.40. The lowest BCUT2D eigenvalue weighted by Crippen LogP contribution is -2.33. The van der Waals surface area contributed by atoms with E-state index < -0.39 is 17.3 Å². The summed E-state index contributed by atoms with van der Waals surface area (Å²) >= 11 is 0. The summed E-state index contributed by atoms with van der Waals surface area (Å²) in [5.74, 6) is -0.750. The lowest BCUT2D eigenvalue weighted by atomic mass is 9.93. The zero-order chi connectivity index (χ0) is 17.6. The molecule has 25 heavy (non-hydrogen) atoms. The van der Waals surface area contributed by atoms with Gasteiger partial charge < -0.3 is 14.7 Å². The lowest BCUT2D eigenvalue weighted by Gasteiger charge is -2.18. The fourth-order valence-corrected chi connectivity index (χ4v) is 3.93. The number of benzene rings is 2. The van der Waals surface area contributed by atoms with E-state index in [4.69, 9.17) is 4.74 Å². The van der Waals surface area contributed by atoms with Gasteiger partial charge in [0.05, 0.1) is 13.0 Å². The zero-order valence-electron chi connectivity index (χ0n) is 13.9. The highest BCUT2D eigenvalue weighted by atomic mass is 16.5. The Bertz CT molecular complexity index is 848. The highest BCUT2D eigenvalue weighted by Gasteiger charge is 2.66. The average molecular weight is 337 g/mol. The van der Waals surface area contributed by atoms with Crippen molar-refractivity contribution >= 4 is 11.9 Å². The van der Waals surface area contributed by atoms with E-state index in [0.717, 1.165) is 16.9 Å². The number of fused-ring (bicyclic) bond motifs is 1. The molecular formula is C20H19NO4. The summed E-state index contributed by atoms with van der Waals surface area (Å²) in [6.45, 7) is 0.978. The topological polar surface area (TPSA) is 66.8 Å². The zero-order valence-corrected chi connectivity index (χ0v) is 13.9. The van der Waals surface area contributed by atoms with Crippen LogP contribution in [0.5, 0.6) is 5.75 Å². The molecule has 5 heteroatoms. The number of rotatable bonds is 4. The molecule has 2 aromatic carbocycles. The summed E-state index contributed by atoms with van der Waals surface area (Å²) in [5, 5.41) is 9.78. The molecule has 0 aromatic heterocycles. The van der Waals surface area contributed by atoms with Gasteiger partial charge in [0.15, 0.2) is 0 Å². The van der Waals surface area contributed by atoms with Crippen LogP contribution < -0.4 is 4.74 Å². The number of hydrogen-bond acceptors (Lipinski definition) is 3. The molecule has 128 valence electrons. The van der Waals surface area contributed by atoms with Crippen LogP contribution in [0.25, 0.3) is 0 Å². The maximum absolute atomic E-state index is 13.0. The molecule has 0 spiro atoms. The number of carboxylic acids is 1. The third kappa shape index (κ3) is 2.30. The molecule has 0 saturated heterocycles. The van der Waals surface area contributed by atoms with Gasteiger partial charge >= 0.3 is 5.97 Å². The molecular weight excluding hydrogens is 318 g/mol. The summed E-state index contributed by atoms with van der Waals surface area (Å²) in [6, 6.07) is 14.9. The SMILES string of the molecule is COc1cccc2c1CN(C(=O)[C@@H]1C[C@@]1(C(=O)O)c1ccccc1)C2. The van der Waals surface area contributed by atoms with Gasteiger partial charge in [-0.2, -0.15) is 0 Å². The van der Waals surface area contributed by atoms with Crippen molar-refractivity contribution < 1.29 is 19.4 Å². The van der Waals surface area contributed by atoms with Gasteiger partial charge in [0.25, 0.3) is 0 Å². The number of hydrogen-bond donors (Lipinski definition) is 1. The molecule has 0 radical (unpaired) electrons. The highest BCUT2D eigenvalue weighted by molar-refractivity contribution is 5.97. The quantitative estimate of drug-likeness (QED) is 0.931. The first-order valence-electron chi connectivity index (χ1n) is 8.30. The van der Waals surface area contributed by atoms with E-state index in [-0.39, 0.29) is 5.91 Å². The van der Waals surface area contributed by atoms with E-state index >= 15 is 0 Å². The van der Waals surface area contributed by atoms with Crippen LogP contribution in [-0.2, 0) is 28.1 Å². The Morgan fingerprint density at radius 1 is 1.12 bits per heavy atom. The molecule has 1 saturated carbocycles. The Morgan fingerprint density at radius 3 is 2.56 bits per heavy atom. The van der Waals surface area contributed by atoms with Crippen LogP contribution in [0.1, 0.15) is 23.1 Å². The first-order chi connectivity index (χ1) is 12.1. The Kier molecular flexibility index (Phi) is 3.53. The molecule has 1 amide bonds. The maximum Gasteiger partial charge on any atom is 0.314 e. The van der Waals surface area contributed by atoms with E-state index in [1.54, 1.807) is 24.1 Å². The normalized spacial score (nSPS) is 23.9. The predicted molar refractivity (Wildman–Crippen MR) is 91.1 cm³/mol. The van der Waals surface area contributed by atoms with Crippen LogP contribution in [0.3, 0.4) is 0 Å². The molecule has 1 aliphatic carbocycles. The van der Waals surface area contributed by atoms with Crippen LogP contribution in [-0.4, -0.2) is 29.0 Å². The minimum absolute atomic E-state index is 0.0930. The molecule has 0 unspecified atom stereocenters. The van der Waals surface area contributed by atoms with E-state index in [2.05, 4.69) is 0 Å². The fraction of sp³-hybridized carbons (Fsp3) is 0.300. The summed E-state index contributed by atoms with van der Waals surface area (Å²) in [5.41, 5.74) is 1.70. The van der Waals surface area contributed by atoms with Crippen molar-refractivity contribution in [2.75, 3.05) is 7.11 Å². The molecule has 4 rings (SSSR count). The predicted octanol–water partition coefficient (Wildman–Crippen LogP) is 2.58. The molecule has 2 atom stereocenters. The van der Waals surface area contributed by atoms with Gasteiger partial charge in [-0.05, 0) is 23.6 Å². The first kappa shape index (κ1) is 15.7. The fourth-order valence-electron chi connectivity index (χ4n) is 3.93. The van der Waals surface area contributed by atoms with Crippen LogP contribution in [0, 0.1) is 5.92 Å². The van der Waals surface area contributed by atoms with Crippen LogP contribution in [0.4, 0.5) is 0 Å². The first-order valence-corrected chi connectivity index (χ1v) is 8.30. The van der Waals surface area contributed by atoms with Gasteiger partial charge in [0.2, 0.25) is 5.91 Å². The highest BCUT2D eigenvalue weighted by Crippen LogP contribution is 2.56. The Labute approximate surface area is 145 Å². The largest absolute Gasteiger partial charge is 0.496 e. The lowest BCUT2D eigenvalue weighted by molar-refractivity contribution is -0.143. The van der Waals surface area contributed by atoms with Gasteiger partial charge in [0, 0.05) is 18.7 Å². The van der Waals surface area contributed by atoms with Crippen LogP contribution in [0.15, 0.2) is 48.5 Å². The second-order valence-electron chi connectivity index (χ2n) is 6.69. The summed E-state index contributed by atoms with van der Waals surface area (Å²) in [7, 11) is 1.62. The number of aliphatic carboxylic acids is 1. The van der Waals surface area contributed by atoms with E-state index in [9.17, 15) is 14.7 Å². The van der Waals surface area contributed by atoms with Crippen molar-refractivity contribution in [1.29, 1.82) is 0 Å². The van der Waals surface area contributed by atoms with Gasteiger partial charge in [-0.1, -0.05) is 42.5 Å². The van der Waals surface area contributed by atoms with E-state index in [1.165, 1.54) is 0 Å². The number of carbonyl (C=O) groups excluding carboxylic acids is 1. The van der Waals surface area contributed by atoms with Crippen molar-refractivity contribution in [3.05, 3.63) is 65.2 Å². The summed E-state index contributed by atoms with van der Waals surface area (Å²) in [6.07, 6.45) is 0.356. The maximum atomic E-state index is 13.0. The Hall–Kier alpha value is -2.82. The second-order valence-corrected chi connectivity index (χ2v) is 6.69. The van der Waals surface area contributed by atoms with E-state index in [1.807, 2.05) is 36.4 Å². The minimum Gasteiger partial charge on any atom is -0.496 e. The Balaban J connectivity index is 1.58. The molecule has 1 aliphatic heterocycles. The number of carboxylic acid groups (broad SMARTS) is 1. The number of methoxy groups -OCH3 is 1. The summed E-state index contributed by atoms with van der Waals surface area (Å²) < 4.78 is 5.38. The number of nitrogens with zero attached hydrogens (tertiary/aromatic N) is 1. The molecule has 2 aliphatic rings. The van der Waals surface area contributed by atoms with Gasteiger partial charge in [-0.25, -0.2) is 0 Å². The molecule has 1 N–H and O–H groups in total. The third-order valence-corrected chi connectivity index (χ3v) is 5.40. The van der Waals surface area contributed by atoms with E-state index in [0.29, 0.717) is 25.1 Å². The minimum atomic E-state index is -1.09. The Morgan fingerprint density at radius 2 is 1.88 bits per heavy atom. The van der Waals surface area contributed by atoms with Crippen LogP contribution >= 0.6 is 0 Å². The standard InChI is InChI=1S/C20H19NO4/c1-25-17-9-5-6-13-11-21(12-15(13)17)18(22)16-10-20(16,19(23)24)14-7-3-2-4-8-14/h2-9,16H,10-12H2,1H3,(H,23,24)/t16-,20+/m0/s1. The molecule has 1 heterocycles. The van der Waals surface area contributed by atoms with Gasteiger partial charge in [-0.3, -0.25) is 9.59 Å². The number of amides is 1. The smallest absolute Gasteiger partial charge is 0.314 e. The average Bonchev–Trinajstić information content (AvgIpc) is 3.26. The van der Waals surface area contributed by atoms with Crippen molar-refractivity contribution in [1.82, 2.24) is 4.90 Å². The van der Waals surface area contributed by atoms with Crippen molar-refractivity contribution in [2.24, 2.45) is 5.92 Å². The molecule has 2 aromatic rings. The van der Waals surface area contributed by atoms with Gasteiger partial charge in [0.1, 0.15) is 11.2 Å².